The zero-order valence-corrected chi connectivity index (χ0v) is 12.0. The summed E-state index contributed by atoms with van der Waals surface area (Å²) in [6.07, 6.45) is 2.97. The van der Waals surface area contributed by atoms with E-state index in [0.717, 1.165) is 24.0 Å². The van der Waals surface area contributed by atoms with Gasteiger partial charge in [-0.25, -0.2) is 0 Å². The van der Waals surface area contributed by atoms with Crippen LogP contribution in [0.1, 0.15) is 59.7 Å². The molecule has 5 nitrogen and oxygen atoms in total. The number of rotatable bonds is 6. The fraction of sp³-hybridized carbons (Fsp3) is 0.500. The number of fused-ring (bicyclic) bond motifs is 1. The number of carboxylic acid groups (broad SMARTS) is 1. The molecular formula is C16H21NO4. The second kappa shape index (κ2) is 7.22. The highest BCUT2D eigenvalue weighted by Crippen LogP contribution is 2.24. The van der Waals surface area contributed by atoms with Gasteiger partial charge in [0.05, 0.1) is 6.10 Å². The fourth-order valence-electron chi connectivity index (χ4n) is 2.59. The van der Waals surface area contributed by atoms with Crippen LogP contribution in [-0.4, -0.2) is 28.6 Å². The van der Waals surface area contributed by atoms with Gasteiger partial charge in [0.25, 0.3) is 5.91 Å². The molecule has 1 heterocycles. The van der Waals surface area contributed by atoms with Crippen LogP contribution in [0.3, 0.4) is 0 Å². The molecule has 0 radical (unpaired) electrons. The summed E-state index contributed by atoms with van der Waals surface area (Å²) in [4.78, 5) is 22.4. The summed E-state index contributed by atoms with van der Waals surface area (Å²) in [5.41, 5.74) is 2.39. The van der Waals surface area contributed by atoms with Crippen molar-refractivity contribution in [1.82, 2.24) is 5.32 Å². The number of unbranched alkanes of at least 4 members (excludes halogenated alkanes) is 1. The van der Waals surface area contributed by atoms with Crippen LogP contribution in [0, 0.1) is 0 Å². The zero-order valence-electron chi connectivity index (χ0n) is 12.0. The maximum absolute atomic E-state index is 12.0. The Kier molecular flexibility index (Phi) is 5.33. The highest BCUT2D eigenvalue weighted by Gasteiger charge is 2.17. The molecule has 1 aromatic carbocycles. The van der Waals surface area contributed by atoms with Gasteiger partial charge in [-0.2, -0.15) is 0 Å². The first-order valence-corrected chi connectivity index (χ1v) is 7.39. The maximum atomic E-state index is 12.0. The average molecular weight is 291 g/mol. The number of nitrogens with one attached hydrogen (secondary N) is 1. The number of aliphatic hydroxyl groups excluding tert-OH is 1. The minimum absolute atomic E-state index is 0.0811. The second-order valence-corrected chi connectivity index (χ2v) is 5.43. The van der Waals surface area contributed by atoms with Crippen LogP contribution < -0.4 is 5.32 Å². The third kappa shape index (κ3) is 4.29. The monoisotopic (exact) mass is 291 g/mol. The summed E-state index contributed by atoms with van der Waals surface area (Å²) in [5.74, 6) is -0.895. The van der Waals surface area contributed by atoms with Gasteiger partial charge >= 0.3 is 5.97 Å². The van der Waals surface area contributed by atoms with Crippen molar-refractivity contribution in [3.8, 4) is 0 Å². The first-order valence-electron chi connectivity index (χ1n) is 7.39. The largest absolute Gasteiger partial charge is 0.481 e. The van der Waals surface area contributed by atoms with Gasteiger partial charge in [-0.3, -0.25) is 9.59 Å². The smallest absolute Gasteiger partial charge is 0.303 e. The standard InChI is InChI=1S/C16H21NO4/c18-14(5-1-2-6-15(19)20)12-8-7-11-4-3-9-17-16(21)13(11)10-12/h7-8,10,14,18H,1-6,9H2,(H,17,21)(H,19,20). The first kappa shape index (κ1) is 15.5. The Labute approximate surface area is 124 Å². The van der Waals surface area contributed by atoms with Gasteiger partial charge in [-0.15, -0.1) is 0 Å². The lowest BCUT2D eigenvalue weighted by Crippen LogP contribution is -2.22. The minimum atomic E-state index is -0.814. The van der Waals surface area contributed by atoms with E-state index in [1.807, 2.05) is 12.1 Å². The molecule has 0 aliphatic carbocycles. The van der Waals surface area contributed by atoms with Gasteiger partial charge in [0.1, 0.15) is 0 Å². The summed E-state index contributed by atoms with van der Waals surface area (Å²) < 4.78 is 0. The van der Waals surface area contributed by atoms with Crippen LogP contribution in [0.15, 0.2) is 18.2 Å². The van der Waals surface area contributed by atoms with Crippen LogP contribution in [0.2, 0.25) is 0 Å². The molecule has 1 aromatic rings. The molecule has 0 bridgehead atoms. The SMILES string of the molecule is O=C(O)CCCCC(O)c1ccc2c(c1)C(=O)NCCC2. The summed E-state index contributed by atoms with van der Waals surface area (Å²) in [5, 5.41) is 21.6. The molecule has 1 aliphatic rings. The summed E-state index contributed by atoms with van der Waals surface area (Å²) >= 11 is 0. The number of hydrogen-bond acceptors (Lipinski definition) is 3. The van der Waals surface area contributed by atoms with E-state index in [-0.39, 0.29) is 12.3 Å². The van der Waals surface area contributed by atoms with Crippen LogP contribution in [0.5, 0.6) is 0 Å². The van der Waals surface area contributed by atoms with E-state index < -0.39 is 12.1 Å². The first-order chi connectivity index (χ1) is 10.1. The molecule has 114 valence electrons. The normalized spacial score (nSPS) is 15.8. The summed E-state index contributed by atoms with van der Waals surface area (Å²) in [6.45, 7) is 0.681. The molecule has 1 atom stereocenters. The third-order valence-corrected chi connectivity index (χ3v) is 3.79. The number of carboxylic acids is 1. The predicted octanol–water partition coefficient (Wildman–Crippen LogP) is 2.04. The van der Waals surface area contributed by atoms with Crippen molar-refractivity contribution >= 4 is 11.9 Å². The molecule has 0 aromatic heterocycles. The van der Waals surface area contributed by atoms with Gasteiger partial charge in [-0.1, -0.05) is 12.1 Å². The van der Waals surface area contributed by atoms with Crippen LogP contribution >= 0.6 is 0 Å². The van der Waals surface area contributed by atoms with Gasteiger partial charge < -0.3 is 15.5 Å². The van der Waals surface area contributed by atoms with Crippen molar-refractivity contribution in [1.29, 1.82) is 0 Å². The third-order valence-electron chi connectivity index (χ3n) is 3.79. The van der Waals surface area contributed by atoms with E-state index in [1.54, 1.807) is 6.07 Å². The van der Waals surface area contributed by atoms with E-state index in [2.05, 4.69) is 5.32 Å². The molecule has 0 saturated carbocycles. The highest BCUT2D eigenvalue weighted by atomic mass is 16.4. The van der Waals surface area contributed by atoms with Gasteiger partial charge in [0.15, 0.2) is 0 Å². The van der Waals surface area contributed by atoms with Gasteiger partial charge in [0.2, 0.25) is 0 Å². The quantitative estimate of drug-likeness (QED) is 0.700. The van der Waals surface area contributed by atoms with Gasteiger partial charge in [-0.05, 0) is 49.3 Å². The molecule has 1 unspecified atom stereocenters. The molecule has 0 saturated heterocycles. The molecule has 5 heteroatoms. The highest BCUT2D eigenvalue weighted by molar-refractivity contribution is 5.96. The number of amides is 1. The van der Waals surface area contributed by atoms with Crippen LogP contribution in [-0.2, 0) is 11.2 Å². The number of benzene rings is 1. The van der Waals surface area contributed by atoms with E-state index in [1.165, 1.54) is 0 Å². The van der Waals surface area contributed by atoms with Crippen molar-refractivity contribution in [2.24, 2.45) is 0 Å². The summed E-state index contributed by atoms with van der Waals surface area (Å²) in [6, 6.07) is 5.53. The molecule has 1 aliphatic heterocycles. The topological polar surface area (TPSA) is 86.6 Å². The number of carbonyl (C=O) groups excluding carboxylic acids is 1. The number of aryl methyl sites for hydroxylation is 1. The van der Waals surface area contributed by atoms with E-state index in [4.69, 9.17) is 5.11 Å². The Bertz CT molecular complexity index is 527. The minimum Gasteiger partial charge on any atom is -0.481 e. The van der Waals surface area contributed by atoms with Gasteiger partial charge in [0, 0.05) is 18.5 Å². The number of aliphatic hydroxyl groups is 1. The lowest BCUT2D eigenvalue weighted by molar-refractivity contribution is -0.137. The summed E-state index contributed by atoms with van der Waals surface area (Å²) in [7, 11) is 0. The molecule has 0 fully saturated rings. The molecule has 21 heavy (non-hydrogen) atoms. The zero-order chi connectivity index (χ0) is 15.2. The van der Waals surface area contributed by atoms with E-state index in [9.17, 15) is 14.7 Å². The Morgan fingerprint density at radius 2 is 2.14 bits per heavy atom. The number of carbonyl (C=O) groups is 2. The average Bonchev–Trinajstić information content (AvgIpc) is 2.65. The lowest BCUT2D eigenvalue weighted by atomic mass is 9.96. The maximum Gasteiger partial charge on any atom is 0.303 e. The van der Waals surface area contributed by atoms with Crippen molar-refractivity contribution in [2.45, 2.75) is 44.6 Å². The molecule has 3 N–H and O–H groups in total. The van der Waals surface area contributed by atoms with E-state index >= 15 is 0 Å². The molecule has 0 spiro atoms. The Hall–Kier alpha value is -1.88. The number of aliphatic carboxylic acids is 1. The van der Waals surface area contributed by atoms with Crippen molar-refractivity contribution < 1.29 is 19.8 Å². The fourth-order valence-corrected chi connectivity index (χ4v) is 2.59. The Morgan fingerprint density at radius 3 is 2.90 bits per heavy atom. The lowest BCUT2D eigenvalue weighted by Gasteiger charge is -2.13. The van der Waals surface area contributed by atoms with Crippen molar-refractivity contribution in [3.05, 3.63) is 34.9 Å². The van der Waals surface area contributed by atoms with Crippen molar-refractivity contribution in [3.63, 3.8) is 0 Å². The second-order valence-electron chi connectivity index (χ2n) is 5.43. The number of hydrogen-bond donors (Lipinski definition) is 3. The van der Waals surface area contributed by atoms with E-state index in [0.29, 0.717) is 31.4 Å². The predicted molar refractivity (Wildman–Crippen MR) is 78.2 cm³/mol. The van der Waals surface area contributed by atoms with Crippen LogP contribution in [0.4, 0.5) is 0 Å². The molecular weight excluding hydrogens is 270 g/mol. The molecule has 1 amide bonds. The Balaban J connectivity index is 2.00. The Morgan fingerprint density at radius 1 is 1.33 bits per heavy atom. The van der Waals surface area contributed by atoms with Crippen molar-refractivity contribution in [2.75, 3.05) is 6.54 Å². The molecule has 2 rings (SSSR count). The van der Waals surface area contributed by atoms with Crippen LogP contribution in [0.25, 0.3) is 0 Å².